The molecule has 0 fully saturated rings. The number of hydrogen-bond acceptors (Lipinski definition) is 4. The van der Waals surface area contributed by atoms with Gasteiger partial charge in [-0.3, -0.25) is 9.59 Å². The Morgan fingerprint density at radius 1 is 0.969 bits per heavy atom. The molecule has 0 saturated heterocycles. The lowest BCUT2D eigenvalue weighted by molar-refractivity contribution is -0.136. The first-order chi connectivity index (χ1) is 15.0. The van der Waals surface area contributed by atoms with Crippen molar-refractivity contribution in [3.8, 4) is 0 Å². The maximum atomic E-state index is 13.5. The van der Waals surface area contributed by atoms with E-state index in [4.69, 9.17) is 0 Å². The Hall–Kier alpha value is -3.40. The molecule has 0 bridgehead atoms. The molecule has 5 nitrogen and oxygen atoms in total. The van der Waals surface area contributed by atoms with E-state index in [-0.39, 0.29) is 16.1 Å². The Kier molecular flexibility index (Phi) is 6.54. The van der Waals surface area contributed by atoms with Crippen molar-refractivity contribution in [3.05, 3.63) is 75.9 Å². The lowest BCUT2D eigenvalue weighted by Crippen LogP contribution is -2.18. The molecule has 0 aliphatic rings. The second-order valence-corrected chi connectivity index (χ2v) is 8.22. The zero-order valence-corrected chi connectivity index (χ0v) is 18.1. The van der Waals surface area contributed by atoms with Crippen LogP contribution in [-0.2, 0) is 6.18 Å². The van der Waals surface area contributed by atoms with Crippen molar-refractivity contribution in [1.82, 2.24) is 0 Å². The maximum absolute atomic E-state index is 13.5. The summed E-state index contributed by atoms with van der Waals surface area (Å²) in [6, 6.07) is 10.2. The van der Waals surface area contributed by atoms with Gasteiger partial charge < -0.3 is 15.5 Å². The number of halogens is 4. The van der Waals surface area contributed by atoms with E-state index in [0.29, 0.717) is 16.3 Å². The van der Waals surface area contributed by atoms with Gasteiger partial charge in [0.1, 0.15) is 5.82 Å². The van der Waals surface area contributed by atoms with Gasteiger partial charge in [-0.05, 0) is 55.0 Å². The smallest absolute Gasteiger partial charge is 0.378 e. The average Bonchev–Trinajstić information content (AvgIpc) is 3.07. The fraction of sp³-hybridized carbons (Fsp3) is 0.182. The standard InChI is InChI=1S/C22H19F4N3O2S/c1-12-9-18(28-20(30)13-5-4-6-14(23)10-13)32-19(12)21(31)27-17-8-7-15(29(2)3)11-16(17)22(24,25)26/h4-11H,1-3H3,(H,27,31)(H,28,30). The van der Waals surface area contributed by atoms with E-state index < -0.39 is 29.4 Å². The van der Waals surface area contributed by atoms with Gasteiger partial charge in [-0.1, -0.05) is 6.07 Å². The number of anilines is 3. The molecule has 2 amide bonds. The van der Waals surface area contributed by atoms with Gasteiger partial charge in [-0.15, -0.1) is 11.3 Å². The molecule has 0 saturated carbocycles. The zero-order chi connectivity index (χ0) is 23.6. The summed E-state index contributed by atoms with van der Waals surface area (Å²) in [4.78, 5) is 26.7. The van der Waals surface area contributed by atoms with Crippen molar-refractivity contribution in [2.75, 3.05) is 29.6 Å². The molecule has 2 N–H and O–H groups in total. The van der Waals surface area contributed by atoms with E-state index >= 15 is 0 Å². The van der Waals surface area contributed by atoms with Gasteiger partial charge in [-0.2, -0.15) is 13.2 Å². The molecule has 10 heteroatoms. The third kappa shape index (κ3) is 5.25. The molecule has 0 unspecified atom stereocenters. The number of carbonyl (C=O) groups is 2. The number of nitrogens with one attached hydrogen (secondary N) is 2. The number of thiophene rings is 1. The predicted octanol–water partition coefficient (Wildman–Crippen LogP) is 5.79. The third-order valence-corrected chi connectivity index (χ3v) is 5.67. The SMILES string of the molecule is Cc1cc(NC(=O)c2cccc(F)c2)sc1C(=O)Nc1ccc(N(C)C)cc1C(F)(F)F. The molecule has 168 valence electrons. The first-order valence-electron chi connectivity index (χ1n) is 9.33. The lowest BCUT2D eigenvalue weighted by atomic mass is 10.1. The van der Waals surface area contributed by atoms with Crippen LogP contribution in [0.4, 0.5) is 33.9 Å². The van der Waals surface area contributed by atoms with Crippen molar-refractivity contribution < 1.29 is 27.2 Å². The van der Waals surface area contributed by atoms with E-state index in [1.165, 1.54) is 41.3 Å². The predicted molar refractivity (Wildman–Crippen MR) is 117 cm³/mol. The van der Waals surface area contributed by atoms with Gasteiger partial charge in [-0.25, -0.2) is 4.39 Å². The number of hydrogen-bond donors (Lipinski definition) is 2. The lowest BCUT2D eigenvalue weighted by Gasteiger charge is -2.18. The van der Waals surface area contributed by atoms with Crippen LogP contribution < -0.4 is 15.5 Å². The molecule has 1 aromatic heterocycles. The highest BCUT2D eigenvalue weighted by Gasteiger charge is 2.34. The molecule has 3 rings (SSSR count). The van der Waals surface area contributed by atoms with Crippen LogP contribution in [0.2, 0.25) is 0 Å². The number of nitrogens with zero attached hydrogens (tertiary/aromatic N) is 1. The summed E-state index contributed by atoms with van der Waals surface area (Å²) in [5.41, 5.74) is -0.430. The van der Waals surface area contributed by atoms with Crippen molar-refractivity contribution in [2.45, 2.75) is 13.1 Å². The zero-order valence-electron chi connectivity index (χ0n) is 17.3. The molecule has 0 radical (unpaired) electrons. The molecule has 0 aliphatic heterocycles. The number of carbonyl (C=O) groups excluding carboxylic acids is 2. The molecular weight excluding hydrogens is 446 g/mol. The average molecular weight is 465 g/mol. The van der Waals surface area contributed by atoms with Gasteiger partial charge in [0, 0.05) is 25.3 Å². The second kappa shape index (κ2) is 8.99. The minimum Gasteiger partial charge on any atom is -0.378 e. The molecule has 0 spiro atoms. The Bertz CT molecular complexity index is 1170. The van der Waals surface area contributed by atoms with Gasteiger partial charge in [0.25, 0.3) is 11.8 Å². The van der Waals surface area contributed by atoms with E-state index in [1.807, 2.05) is 0 Å². The summed E-state index contributed by atoms with van der Waals surface area (Å²) in [5, 5.41) is 5.19. The summed E-state index contributed by atoms with van der Waals surface area (Å²) < 4.78 is 53.9. The van der Waals surface area contributed by atoms with Gasteiger partial charge in [0.15, 0.2) is 0 Å². The highest BCUT2D eigenvalue weighted by molar-refractivity contribution is 7.18. The minimum atomic E-state index is -4.66. The molecule has 0 aliphatic carbocycles. The maximum Gasteiger partial charge on any atom is 0.418 e. The van der Waals surface area contributed by atoms with E-state index in [2.05, 4.69) is 10.6 Å². The molecule has 0 atom stereocenters. The van der Waals surface area contributed by atoms with Crippen LogP contribution >= 0.6 is 11.3 Å². The summed E-state index contributed by atoms with van der Waals surface area (Å²) in [5.74, 6) is -1.88. The van der Waals surface area contributed by atoms with Gasteiger partial charge in [0.2, 0.25) is 0 Å². The van der Waals surface area contributed by atoms with Crippen molar-refractivity contribution in [1.29, 1.82) is 0 Å². The Labute approximate surface area is 185 Å². The highest BCUT2D eigenvalue weighted by atomic mass is 32.1. The number of benzene rings is 2. The van der Waals surface area contributed by atoms with E-state index in [9.17, 15) is 27.2 Å². The first-order valence-corrected chi connectivity index (χ1v) is 10.1. The summed E-state index contributed by atoms with van der Waals surface area (Å²) in [7, 11) is 3.23. The number of amides is 2. The summed E-state index contributed by atoms with van der Waals surface area (Å²) in [6.45, 7) is 1.60. The van der Waals surface area contributed by atoms with Crippen LogP contribution in [0.5, 0.6) is 0 Å². The largest absolute Gasteiger partial charge is 0.418 e. The molecule has 1 heterocycles. The van der Waals surface area contributed by atoms with Gasteiger partial charge in [0.05, 0.1) is 21.1 Å². The number of aryl methyl sites for hydroxylation is 1. The van der Waals surface area contributed by atoms with Crippen LogP contribution in [0.25, 0.3) is 0 Å². The van der Waals surface area contributed by atoms with Crippen molar-refractivity contribution >= 4 is 39.5 Å². The van der Waals surface area contributed by atoms with Crippen LogP contribution in [0.3, 0.4) is 0 Å². The molecule has 32 heavy (non-hydrogen) atoms. The van der Waals surface area contributed by atoms with Gasteiger partial charge >= 0.3 is 6.18 Å². The van der Waals surface area contributed by atoms with E-state index in [0.717, 1.165) is 23.5 Å². The monoisotopic (exact) mass is 465 g/mol. The summed E-state index contributed by atoms with van der Waals surface area (Å²) in [6.07, 6.45) is -4.66. The highest BCUT2D eigenvalue weighted by Crippen LogP contribution is 2.38. The van der Waals surface area contributed by atoms with Crippen LogP contribution in [0.1, 0.15) is 31.2 Å². The quantitative estimate of drug-likeness (QED) is 0.469. The molecule has 2 aromatic carbocycles. The number of alkyl halides is 3. The normalized spacial score (nSPS) is 11.2. The Morgan fingerprint density at radius 2 is 1.69 bits per heavy atom. The van der Waals surface area contributed by atoms with Crippen molar-refractivity contribution in [3.63, 3.8) is 0 Å². The van der Waals surface area contributed by atoms with Crippen LogP contribution in [0.15, 0.2) is 48.5 Å². The summed E-state index contributed by atoms with van der Waals surface area (Å²) >= 11 is 0.908. The number of rotatable bonds is 5. The fourth-order valence-electron chi connectivity index (χ4n) is 2.92. The Balaban J connectivity index is 1.82. The fourth-order valence-corrected chi connectivity index (χ4v) is 3.88. The van der Waals surface area contributed by atoms with Crippen LogP contribution in [-0.4, -0.2) is 25.9 Å². The molecular formula is C22H19F4N3O2S. The third-order valence-electron chi connectivity index (χ3n) is 4.52. The van der Waals surface area contributed by atoms with Crippen molar-refractivity contribution in [2.24, 2.45) is 0 Å². The van der Waals surface area contributed by atoms with E-state index in [1.54, 1.807) is 21.0 Å². The molecule has 3 aromatic rings. The first kappa shape index (κ1) is 23.3. The minimum absolute atomic E-state index is 0.0952. The van der Waals surface area contributed by atoms with Crippen LogP contribution in [0, 0.1) is 12.7 Å². The topological polar surface area (TPSA) is 61.4 Å². The Morgan fingerprint density at radius 3 is 2.31 bits per heavy atom. The second-order valence-electron chi connectivity index (χ2n) is 7.16.